The number of fused-ring (bicyclic) bond motifs is 1. The number of ketones is 1. The van der Waals surface area contributed by atoms with E-state index >= 15 is 0 Å². The quantitative estimate of drug-likeness (QED) is 0.529. The maximum absolute atomic E-state index is 11.3. The van der Waals surface area contributed by atoms with E-state index < -0.39 is 0 Å². The number of halogens is 1. The van der Waals surface area contributed by atoms with E-state index in [1.165, 1.54) is 0 Å². The van der Waals surface area contributed by atoms with Crippen molar-refractivity contribution in [2.75, 3.05) is 0 Å². The first kappa shape index (κ1) is 9.16. The lowest BCUT2D eigenvalue weighted by Gasteiger charge is -2.02. The van der Waals surface area contributed by atoms with Crippen molar-refractivity contribution in [2.24, 2.45) is 0 Å². The number of hydrogen-bond donors (Lipinski definition) is 0. The van der Waals surface area contributed by atoms with Gasteiger partial charge in [-0.2, -0.15) is 0 Å². The third kappa shape index (κ3) is 1.49. The topological polar surface area (TPSA) is 30.0 Å². The highest BCUT2D eigenvalue weighted by atomic mass is 35.5. The Kier molecular flexibility index (Phi) is 2.22. The van der Waals surface area contributed by atoms with Crippen molar-refractivity contribution in [3.05, 3.63) is 41.2 Å². The van der Waals surface area contributed by atoms with Crippen molar-refractivity contribution in [3.63, 3.8) is 0 Å². The van der Waals surface area contributed by atoms with Gasteiger partial charge in [-0.1, -0.05) is 29.8 Å². The first-order valence-electron chi connectivity index (χ1n) is 4.23. The molecule has 1 aromatic carbocycles. The van der Waals surface area contributed by atoms with Gasteiger partial charge in [-0.05, 0) is 18.4 Å². The number of carbonyl (C=O) groups excluding carboxylic acids is 1. The standard InChI is InChI=1S/C11H8ClNO/c1-7(14)9-4-2-3-8-5-11(12)13-6-10(8)9/h2-6H,1H3. The third-order valence-corrected chi connectivity index (χ3v) is 2.32. The Labute approximate surface area is 86.5 Å². The van der Waals surface area contributed by atoms with Gasteiger partial charge in [-0.25, -0.2) is 4.98 Å². The first-order valence-corrected chi connectivity index (χ1v) is 4.61. The number of rotatable bonds is 1. The van der Waals surface area contributed by atoms with Crippen LogP contribution in [0.1, 0.15) is 17.3 Å². The molecule has 0 atom stereocenters. The van der Waals surface area contributed by atoms with Crippen LogP contribution < -0.4 is 0 Å². The van der Waals surface area contributed by atoms with Crippen LogP contribution in [0.15, 0.2) is 30.5 Å². The molecule has 0 amide bonds. The van der Waals surface area contributed by atoms with Crippen molar-refractivity contribution in [1.29, 1.82) is 0 Å². The van der Waals surface area contributed by atoms with Crippen LogP contribution in [0, 0.1) is 0 Å². The van der Waals surface area contributed by atoms with Gasteiger partial charge in [0, 0.05) is 17.1 Å². The minimum atomic E-state index is 0.0414. The second kappa shape index (κ2) is 3.39. The summed E-state index contributed by atoms with van der Waals surface area (Å²) < 4.78 is 0. The molecule has 0 radical (unpaired) electrons. The van der Waals surface area contributed by atoms with Crippen LogP contribution in [0.5, 0.6) is 0 Å². The van der Waals surface area contributed by atoms with Crippen LogP contribution in [0.25, 0.3) is 10.8 Å². The van der Waals surface area contributed by atoms with Gasteiger partial charge in [0.2, 0.25) is 0 Å². The van der Waals surface area contributed by atoms with Crippen LogP contribution in [-0.2, 0) is 0 Å². The Bertz CT molecular complexity index is 508. The SMILES string of the molecule is CC(=O)c1cccc2cc(Cl)ncc12. The molecule has 0 aliphatic rings. The maximum atomic E-state index is 11.3. The van der Waals surface area contributed by atoms with Gasteiger partial charge in [0.1, 0.15) is 5.15 Å². The zero-order valence-corrected chi connectivity index (χ0v) is 8.38. The molecule has 14 heavy (non-hydrogen) atoms. The molecule has 1 heterocycles. The summed E-state index contributed by atoms with van der Waals surface area (Å²) in [6.45, 7) is 1.55. The fourth-order valence-corrected chi connectivity index (χ4v) is 1.62. The molecule has 1 aromatic heterocycles. The maximum Gasteiger partial charge on any atom is 0.160 e. The molecule has 2 rings (SSSR count). The van der Waals surface area contributed by atoms with Gasteiger partial charge < -0.3 is 0 Å². The number of pyridine rings is 1. The summed E-state index contributed by atoms with van der Waals surface area (Å²) >= 11 is 5.75. The molecule has 2 aromatic rings. The van der Waals surface area contributed by atoms with Crippen molar-refractivity contribution in [1.82, 2.24) is 4.98 Å². The summed E-state index contributed by atoms with van der Waals surface area (Å²) in [6, 6.07) is 7.30. The van der Waals surface area contributed by atoms with Crippen molar-refractivity contribution in [2.45, 2.75) is 6.92 Å². The summed E-state index contributed by atoms with van der Waals surface area (Å²) in [7, 11) is 0. The Balaban J connectivity index is 2.81. The predicted octanol–water partition coefficient (Wildman–Crippen LogP) is 3.09. The van der Waals surface area contributed by atoms with Gasteiger partial charge in [-0.15, -0.1) is 0 Å². The van der Waals surface area contributed by atoms with Crippen molar-refractivity contribution in [3.8, 4) is 0 Å². The third-order valence-electron chi connectivity index (χ3n) is 2.11. The van der Waals surface area contributed by atoms with Gasteiger partial charge in [0.05, 0.1) is 0 Å². The molecule has 0 spiro atoms. The number of aromatic nitrogens is 1. The lowest BCUT2D eigenvalue weighted by molar-refractivity contribution is 0.101. The lowest BCUT2D eigenvalue weighted by Crippen LogP contribution is -1.93. The normalized spacial score (nSPS) is 10.4. The van der Waals surface area contributed by atoms with E-state index in [0.29, 0.717) is 10.7 Å². The smallest absolute Gasteiger partial charge is 0.160 e. The number of Topliss-reactive ketones (excluding diaryl/α,β-unsaturated/α-hetero) is 1. The second-order valence-electron chi connectivity index (χ2n) is 3.09. The zero-order valence-electron chi connectivity index (χ0n) is 7.62. The molecule has 0 bridgehead atoms. The summed E-state index contributed by atoms with van der Waals surface area (Å²) in [4.78, 5) is 15.2. The highest BCUT2D eigenvalue weighted by Gasteiger charge is 2.05. The molecule has 0 N–H and O–H groups in total. The second-order valence-corrected chi connectivity index (χ2v) is 3.48. The lowest BCUT2D eigenvalue weighted by atomic mass is 10.0. The fraction of sp³-hybridized carbons (Fsp3) is 0.0909. The Morgan fingerprint density at radius 1 is 1.43 bits per heavy atom. The molecule has 0 fully saturated rings. The predicted molar refractivity (Wildman–Crippen MR) is 56.8 cm³/mol. The summed E-state index contributed by atoms with van der Waals surface area (Å²) in [6.07, 6.45) is 1.63. The highest BCUT2D eigenvalue weighted by molar-refractivity contribution is 6.30. The average Bonchev–Trinajstić information content (AvgIpc) is 2.16. The van der Waals surface area contributed by atoms with Crippen LogP contribution in [0.2, 0.25) is 5.15 Å². The minimum Gasteiger partial charge on any atom is -0.294 e. The number of nitrogens with zero attached hydrogens (tertiary/aromatic N) is 1. The highest BCUT2D eigenvalue weighted by Crippen LogP contribution is 2.20. The average molecular weight is 206 g/mol. The molecule has 0 unspecified atom stereocenters. The monoisotopic (exact) mass is 205 g/mol. The fourth-order valence-electron chi connectivity index (χ4n) is 1.45. The molecule has 3 heteroatoms. The van der Waals surface area contributed by atoms with Crippen molar-refractivity contribution >= 4 is 28.2 Å². The summed E-state index contributed by atoms with van der Waals surface area (Å²) in [5, 5.41) is 2.24. The first-order chi connectivity index (χ1) is 6.68. The van der Waals surface area contributed by atoms with E-state index in [1.54, 1.807) is 25.3 Å². The Hall–Kier alpha value is -1.41. The van der Waals surface area contributed by atoms with Crippen LogP contribution in [0.4, 0.5) is 0 Å². The molecule has 2 nitrogen and oxygen atoms in total. The van der Waals surface area contributed by atoms with Gasteiger partial charge in [-0.3, -0.25) is 4.79 Å². The largest absolute Gasteiger partial charge is 0.294 e. The molecule has 70 valence electrons. The minimum absolute atomic E-state index is 0.0414. The van der Waals surface area contributed by atoms with E-state index in [0.717, 1.165) is 10.8 Å². The van der Waals surface area contributed by atoms with E-state index in [1.807, 2.05) is 12.1 Å². The molecule has 0 aliphatic carbocycles. The number of benzene rings is 1. The number of hydrogen-bond acceptors (Lipinski definition) is 2. The van der Waals surface area contributed by atoms with Crippen LogP contribution >= 0.6 is 11.6 Å². The van der Waals surface area contributed by atoms with E-state index in [4.69, 9.17) is 11.6 Å². The van der Waals surface area contributed by atoms with Crippen molar-refractivity contribution < 1.29 is 4.79 Å². The Morgan fingerprint density at radius 2 is 2.21 bits per heavy atom. The molecule has 0 saturated heterocycles. The molecular weight excluding hydrogens is 198 g/mol. The zero-order chi connectivity index (χ0) is 10.1. The van der Waals surface area contributed by atoms with Gasteiger partial charge in [0.15, 0.2) is 5.78 Å². The van der Waals surface area contributed by atoms with Gasteiger partial charge in [0.25, 0.3) is 0 Å². The molecule has 0 saturated carbocycles. The summed E-state index contributed by atoms with van der Waals surface area (Å²) in [5.41, 5.74) is 0.687. The van der Waals surface area contributed by atoms with Gasteiger partial charge >= 0.3 is 0 Å². The van der Waals surface area contributed by atoms with Crippen LogP contribution in [0.3, 0.4) is 0 Å². The van der Waals surface area contributed by atoms with E-state index in [-0.39, 0.29) is 5.78 Å². The van der Waals surface area contributed by atoms with E-state index in [9.17, 15) is 4.79 Å². The van der Waals surface area contributed by atoms with Crippen LogP contribution in [-0.4, -0.2) is 10.8 Å². The van der Waals surface area contributed by atoms with E-state index in [2.05, 4.69) is 4.98 Å². The molecule has 0 aliphatic heterocycles. The Morgan fingerprint density at radius 3 is 2.93 bits per heavy atom. The summed E-state index contributed by atoms with van der Waals surface area (Å²) in [5.74, 6) is 0.0414. The molecular formula is C11H8ClNO. The number of carbonyl (C=O) groups is 1.